The molecule has 0 saturated carbocycles. The number of carbonyl (C=O) groups is 1. The first-order valence-electron chi connectivity index (χ1n) is 6.20. The van der Waals surface area contributed by atoms with E-state index in [0.29, 0.717) is 23.7 Å². The fourth-order valence-electron chi connectivity index (χ4n) is 1.73. The van der Waals surface area contributed by atoms with Crippen molar-refractivity contribution in [3.63, 3.8) is 0 Å². The molecule has 0 spiro atoms. The number of amides is 1. The van der Waals surface area contributed by atoms with Crippen LogP contribution in [0.4, 0.5) is 5.82 Å². The molecule has 2 aromatic rings. The lowest BCUT2D eigenvalue weighted by atomic mass is 10.2. The van der Waals surface area contributed by atoms with E-state index >= 15 is 0 Å². The molecule has 104 valence electrons. The molecular weight excluding hydrogens is 258 g/mol. The molecule has 20 heavy (non-hydrogen) atoms. The van der Waals surface area contributed by atoms with Crippen molar-refractivity contribution in [3.8, 4) is 5.75 Å². The summed E-state index contributed by atoms with van der Waals surface area (Å²) in [6.45, 7) is 4.04. The molecule has 0 aliphatic heterocycles. The van der Waals surface area contributed by atoms with Crippen molar-refractivity contribution in [3.05, 3.63) is 52.1 Å². The lowest BCUT2D eigenvalue weighted by Gasteiger charge is -2.07. The van der Waals surface area contributed by atoms with Crippen LogP contribution in [0, 0.1) is 6.92 Å². The Morgan fingerprint density at radius 1 is 1.40 bits per heavy atom. The number of anilines is 1. The van der Waals surface area contributed by atoms with Gasteiger partial charge < -0.3 is 15.0 Å². The summed E-state index contributed by atoms with van der Waals surface area (Å²) in [5.74, 6) is 0.938. The highest BCUT2D eigenvalue weighted by molar-refractivity contribution is 6.03. The molecule has 6 heteroatoms. The van der Waals surface area contributed by atoms with E-state index < -0.39 is 0 Å². The first-order chi connectivity index (χ1) is 9.58. The Kier molecular flexibility index (Phi) is 4.14. The highest BCUT2D eigenvalue weighted by Crippen LogP contribution is 2.14. The average Bonchev–Trinajstić information content (AvgIpc) is 2.38. The number of aromatic amines is 1. The third kappa shape index (κ3) is 3.44. The fourth-order valence-corrected chi connectivity index (χ4v) is 1.73. The molecule has 0 aliphatic rings. The first-order valence-corrected chi connectivity index (χ1v) is 6.20. The highest BCUT2D eigenvalue weighted by atomic mass is 16.5. The van der Waals surface area contributed by atoms with Gasteiger partial charge in [-0.2, -0.15) is 0 Å². The summed E-state index contributed by atoms with van der Waals surface area (Å²) in [5, 5.41) is 2.58. The topological polar surface area (TPSA) is 84.1 Å². The Morgan fingerprint density at radius 3 is 2.90 bits per heavy atom. The van der Waals surface area contributed by atoms with Crippen LogP contribution in [0.25, 0.3) is 0 Å². The quantitative estimate of drug-likeness (QED) is 0.888. The molecule has 1 aromatic heterocycles. The van der Waals surface area contributed by atoms with Crippen molar-refractivity contribution in [1.82, 2.24) is 9.97 Å². The number of benzene rings is 1. The lowest BCUT2D eigenvalue weighted by molar-refractivity contribution is 0.102. The molecular formula is C14H15N3O3. The molecule has 0 bridgehead atoms. The number of hydrogen-bond acceptors (Lipinski definition) is 4. The van der Waals surface area contributed by atoms with Gasteiger partial charge in [-0.05, 0) is 32.0 Å². The summed E-state index contributed by atoms with van der Waals surface area (Å²) < 4.78 is 5.33. The van der Waals surface area contributed by atoms with Gasteiger partial charge in [-0.3, -0.25) is 9.59 Å². The van der Waals surface area contributed by atoms with Gasteiger partial charge in [-0.25, -0.2) is 4.98 Å². The molecule has 0 radical (unpaired) electrons. The normalized spacial score (nSPS) is 10.1. The van der Waals surface area contributed by atoms with Crippen LogP contribution in [0.2, 0.25) is 0 Å². The van der Waals surface area contributed by atoms with Crippen LogP contribution in [-0.4, -0.2) is 22.5 Å². The van der Waals surface area contributed by atoms with Gasteiger partial charge in [0.2, 0.25) is 0 Å². The Balaban J connectivity index is 2.19. The maximum atomic E-state index is 12.1. The number of hydrogen-bond donors (Lipinski definition) is 2. The van der Waals surface area contributed by atoms with E-state index in [-0.39, 0.29) is 17.3 Å². The van der Waals surface area contributed by atoms with E-state index in [1.807, 2.05) is 6.92 Å². The monoisotopic (exact) mass is 273 g/mol. The number of aryl methyl sites for hydroxylation is 1. The standard InChI is InChI=1S/C14H15N3O3/c1-3-20-11-6-4-5-10(7-11)14(19)17-12-8-13(18)16-9(2)15-12/h4-8H,3H2,1-2H3,(H2,15,16,17,18,19). The van der Waals surface area contributed by atoms with Crippen LogP contribution >= 0.6 is 0 Å². The largest absolute Gasteiger partial charge is 0.494 e. The van der Waals surface area contributed by atoms with Gasteiger partial charge in [-0.15, -0.1) is 0 Å². The molecule has 1 heterocycles. The van der Waals surface area contributed by atoms with Gasteiger partial charge in [-0.1, -0.05) is 6.07 Å². The van der Waals surface area contributed by atoms with Crippen LogP contribution in [-0.2, 0) is 0 Å². The zero-order valence-electron chi connectivity index (χ0n) is 11.3. The van der Waals surface area contributed by atoms with Gasteiger partial charge in [0.05, 0.1) is 6.61 Å². The number of carbonyl (C=O) groups excluding carboxylic acids is 1. The Labute approximate surface area is 115 Å². The minimum Gasteiger partial charge on any atom is -0.494 e. The molecule has 1 aromatic carbocycles. The van der Waals surface area contributed by atoms with Crippen LogP contribution in [0.1, 0.15) is 23.1 Å². The predicted molar refractivity (Wildman–Crippen MR) is 75.2 cm³/mol. The SMILES string of the molecule is CCOc1cccc(C(=O)Nc2cc(=O)[nH]c(C)n2)c1. The molecule has 2 rings (SSSR count). The summed E-state index contributed by atoms with van der Waals surface area (Å²) in [6, 6.07) is 8.04. The number of nitrogens with one attached hydrogen (secondary N) is 2. The van der Waals surface area contributed by atoms with E-state index in [9.17, 15) is 9.59 Å². The third-order valence-electron chi connectivity index (χ3n) is 2.51. The summed E-state index contributed by atoms with van der Waals surface area (Å²) in [7, 11) is 0. The first kappa shape index (κ1) is 13.8. The molecule has 2 N–H and O–H groups in total. The zero-order valence-corrected chi connectivity index (χ0v) is 11.3. The highest BCUT2D eigenvalue weighted by Gasteiger charge is 2.08. The minimum absolute atomic E-state index is 0.220. The second-order valence-corrected chi connectivity index (χ2v) is 4.13. The molecule has 0 saturated heterocycles. The van der Waals surface area contributed by atoms with Crippen molar-refractivity contribution in [2.45, 2.75) is 13.8 Å². The van der Waals surface area contributed by atoms with E-state index in [2.05, 4.69) is 15.3 Å². The second-order valence-electron chi connectivity index (χ2n) is 4.13. The molecule has 0 unspecified atom stereocenters. The molecule has 1 amide bonds. The second kappa shape index (κ2) is 6.01. The summed E-state index contributed by atoms with van der Waals surface area (Å²) in [4.78, 5) is 29.9. The van der Waals surface area contributed by atoms with Gasteiger partial charge >= 0.3 is 0 Å². The molecule has 0 fully saturated rings. The Morgan fingerprint density at radius 2 is 2.20 bits per heavy atom. The number of rotatable bonds is 4. The molecule has 0 aliphatic carbocycles. The maximum absolute atomic E-state index is 12.1. The fraction of sp³-hybridized carbons (Fsp3) is 0.214. The summed E-state index contributed by atoms with van der Waals surface area (Å²) in [6.07, 6.45) is 0. The molecule has 6 nitrogen and oxygen atoms in total. The van der Waals surface area contributed by atoms with Gasteiger partial charge in [0, 0.05) is 11.6 Å². The van der Waals surface area contributed by atoms with E-state index in [4.69, 9.17) is 4.74 Å². The number of ether oxygens (including phenoxy) is 1. The number of H-pyrrole nitrogens is 1. The predicted octanol–water partition coefficient (Wildman–Crippen LogP) is 1.73. The minimum atomic E-state index is -0.343. The van der Waals surface area contributed by atoms with Crippen LogP contribution in [0.3, 0.4) is 0 Å². The Hall–Kier alpha value is -2.63. The number of nitrogens with zero attached hydrogens (tertiary/aromatic N) is 1. The summed E-state index contributed by atoms with van der Waals surface area (Å²) >= 11 is 0. The molecule has 0 atom stereocenters. The average molecular weight is 273 g/mol. The van der Waals surface area contributed by atoms with E-state index in [0.717, 1.165) is 0 Å². The van der Waals surface area contributed by atoms with Crippen molar-refractivity contribution in [2.75, 3.05) is 11.9 Å². The smallest absolute Gasteiger partial charge is 0.256 e. The van der Waals surface area contributed by atoms with E-state index in [1.54, 1.807) is 31.2 Å². The van der Waals surface area contributed by atoms with Crippen LogP contribution < -0.4 is 15.6 Å². The van der Waals surface area contributed by atoms with Crippen molar-refractivity contribution in [2.24, 2.45) is 0 Å². The van der Waals surface area contributed by atoms with Gasteiger partial charge in [0.25, 0.3) is 11.5 Å². The van der Waals surface area contributed by atoms with Crippen molar-refractivity contribution < 1.29 is 9.53 Å². The maximum Gasteiger partial charge on any atom is 0.256 e. The Bertz CT molecular complexity index is 679. The van der Waals surface area contributed by atoms with Crippen LogP contribution in [0.5, 0.6) is 5.75 Å². The van der Waals surface area contributed by atoms with Crippen LogP contribution in [0.15, 0.2) is 35.1 Å². The van der Waals surface area contributed by atoms with Crippen molar-refractivity contribution in [1.29, 1.82) is 0 Å². The summed E-state index contributed by atoms with van der Waals surface area (Å²) in [5.41, 5.74) is 0.131. The van der Waals surface area contributed by atoms with E-state index in [1.165, 1.54) is 6.07 Å². The third-order valence-corrected chi connectivity index (χ3v) is 2.51. The van der Waals surface area contributed by atoms with Gasteiger partial charge in [0.15, 0.2) is 0 Å². The lowest BCUT2D eigenvalue weighted by Crippen LogP contribution is -2.17. The van der Waals surface area contributed by atoms with Gasteiger partial charge in [0.1, 0.15) is 17.4 Å². The zero-order chi connectivity index (χ0) is 14.5. The number of aromatic nitrogens is 2. The van der Waals surface area contributed by atoms with Crippen molar-refractivity contribution >= 4 is 11.7 Å².